The molecule has 0 unspecified atom stereocenters. The molecule has 0 atom stereocenters. The Labute approximate surface area is 118 Å². The van der Waals surface area contributed by atoms with Gasteiger partial charge in [0.1, 0.15) is 0 Å². The summed E-state index contributed by atoms with van der Waals surface area (Å²) in [6.07, 6.45) is 0. The third-order valence-electron chi connectivity index (χ3n) is 3.18. The monoisotopic (exact) mass is 279 g/mol. The van der Waals surface area contributed by atoms with Crippen LogP contribution in [0.25, 0.3) is 0 Å². The number of carboxylic acids is 1. The number of likely N-dealkylation sites (N-methyl/N-ethyl adjacent to an activating group) is 2. The Kier molecular flexibility index (Phi) is 5.37. The van der Waals surface area contributed by atoms with Gasteiger partial charge in [0.2, 0.25) is 5.91 Å². The highest BCUT2D eigenvalue weighted by Gasteiger charge is 2.15. The van der Waals surface area contributed by atoms with Crippen molar-refractivity contribution < 1.29 is 14.7 Å². The van der Waals surface area contributed by atoms with E-state index >= 15 is 0 Å². The van der Waals surface area contributed by atoms with Crippen LogP contribution in [0.3, 0.4) is 0 Å². The number of carbonyl (C=O) groups excluding carboxylic acids is 1. The lowest BCUT2D eigenvalue weighted by molar-refractivity contribution is -0.129. The number of nitrogens with two attached hydrogens (primary N) is 1. The molecule has 1 amide bonds. The molecule has 6 heteroatoms. The smallest absolute Gasteiger partial charge is 0.335 e. The molecule has 110 valence electrons. The lowest BCUT2D eigenvalue weighted by Gasteiger charge is -2.25. The first kappa shape index (κ1) is 15.8. The lowest BCUT2D eigenvalue weighted by Crippen LogP contribution is -2.39. The van der Waals surface area contributed by atoms with Gasteiger partial charge in [-0.15, -0.1) is 0 Å². The average Bonchev–Trinajstić information content (AvgIpc) is 2.40. The first-order chi connectivity index (χ1) is 9.40. The highest BCUT2D eigenvalue weighted by atomic mass is 16.4. The van der Waals surface area contributed by atoms with Crippen molar-refractivity contribution in [1.82, 2.24) is 4.90 Å². The topological polar surface area (TPSA) is 86.9 Å². The third-order valence-corrected chi connectivity index (χ3v) is 3.18. The molecule has 1 aromatic carbocycles. The van der Waals surface area contributed by atoms with Crippen LogP contribution in [0.4, 0.5) is 11.4 Å². The molecule has 0 radical (unpaired) electrons. The van der Waals surface area contributed by atoms with E-state index < -0.39 is 5.97 Å². The Bertz CT molecular complexity index is 498. The van der Waals surface area contributed by atoms with Gasteiger partial charge in [-0.3, -0.25) is 4.79 Å². The highest BCUT2D eigenvalue weighted by Crippen LogP contribution is 2.23. The van der Waals surface area contributed by atoms with Gasteiger partial charge in [-0.05, 0) is 32.0 Å². The van der Waals surface area contributed by atoms with Gasteiger partial charge in [0, 0.05) is 20.1 Å². The maximum Gasteiger partial charge on any atom is 0.335 e. The van der Waals surface area contributed by atoms with Crippen LogP contribution in [0.1, 0.15) is 24.2 Å². The van der Waals surface area contributed by atoms with Gasteiger partial charge >= 0.3 is 5.97 Å². The van der Waals surface area contributed by atoms with Crippen molar-refractivity contribution in [3.63, 3.8) is 0 Å². The van der Waals surface area contributed by atoms with Gasteiger partial charge in [0.05, 0.1) is 23.5 Å². The van der Waals surface area contributed by atoms with Crippen molar-refractivity contribution in [3.05, 3.63) is 23.8 Å². The van der Waals surface area contributed by atoms with Crippen molar-refractivity contribution in [3.8, 4) is 0 Å². The van der Waals surface area contributed by atoms with Crippen LogP contribution in [0.2, 0.25) is 0 Å². The quantitative estimate of drug-likeness (QED) is 0.766. The first-order valence-electron chi connectivity index (χ1n) is 6.52. The van der Waals surface area contributed by atoms with E-state index in [4.69, 9.17) is 10.8 Å². The minimum absolute atomic E-state index is 0.0161. The van der Waals surface area contributed by atoms with Gasteiger partial charge in [-0.25, -0.2) is 4.79 Å². The minimum atomic E-state index is -1.02. The van der Waals surface area contributed by atoms with Gasteiger partial charge < -0.3 is 20.6 Å². The Hall–Kier alpha value is -2.24. The molecule has 0 saturated heterocycles. The molecule has 3 N–H and O–H groups in total. The van der Waals surface area contributed by atoms with E-state index in [1.165, 1.54) is 18.2 Å². The molecule has 0 heterocycles. The molecule has 0 fully saturated rings. The zero-order chi connectivity index (χ0) is 15.3. The van der Waals surface area contributed by atoms with Gasteiger partial charge in [-0.1, -0.05) is 0 Å². The van der Waals surface area contributed by atoms with E-state index in [1.807, 2.05) is 13.8 Å². The van der Waals surface area contributed by atoms with E-state index in [2.05, 4.69) is 0 Å². The number of amides is 1. The first-order valence-corrected chi connectivity index (χ1v) is 6.52. The van der Waals surface area contributed by atoms with Crippen molar-refractivity contribution in [2.24, 2.45) is 0 Å². The zero-order valence-corrected chi connectivity index (χ0v) is 12.1. The second-order valence-corrected chi connectivity index (χ2v) is 4.50. The number of nitrogen functional groups attached to an aromatic ring is 1. The SMILES string of the molecule is CCN(CC)C(=O)CN(C)c1cc(C(=O)O)ccc1N. The number of carbonyl (C=O) groups is 2. The molecule has 0 aromatic heterocycles. The summed E-state index contributed by atoms with van der Waals surface area (Å²) in [7, 11) is 1.72. The van der Waals surface area contributed by atoms with Crippen molar-refractivity contribution in [1.29, 1.82) is 0 Å². The van der Waals surface area contributed by atoms with E-state index in [9.17, 15) is 9.59 Å². The van der Waals surface area contributed by atoms with Crippen molar-refractivity contribution in [2.45, 2.75) is 13.8 Å². The van der Waals surface area contributed by atoms with Crippen LogP contribution in [-0.4, -0.2) is 48.6 Å². The minimum Gasteiger partial charge on any atom is -0.478 e. The molecule has 1 aromatic rings. The summed E-state index contributed by atoms with van der Waals surface area (Å²) in [5, 5.41) is 8.99. The molecule has 6 nitrogen and oxygen atoms in total. The van der Waals surface area contributed by atoms with Gasteiger partial charge in [0.25, 0.3) is 0 Å². The molecule has 0 aliphatic carbocycles. The zero-order valence-electron chi connectivity index (χ0n) is 12.1. The molecule has 0 spiro atoms. The van der Waals surface area contributed by atoms with Crippen LogP contribution < -0.4 is 10.6 Å². The Morgan fingerprint density at radius 1 is 1.25 bits per heavy atom. The molecular weight excluding hydrogens is 258 g/mol. The lowest BCUT2D eigenvalue weighted by atomic mass is 10.1. The Morgan fingerprint density at radius 2 is 1.85 bits per heavy atom. The van der Waals surface area contributed by atoms with E-state index in [0.717, 1.165) is 0 Å². The van der Waals surface area contributed by atoms with Crippen LogP contribution in [0.5, 0.6) is 0 Å². The third kappa shape index (κ3) is 3.63. The van der Waals surface area contributed by atoms with Crippen LogP contribution >= 0.6 is 0 Å². The number of carboxylic acid groups (broad SMARTS) is 1. The summed E-state index contributed by atoms with van der Waals surface area (Å²) in [5.41, 5.74) is 6.99. The van der Waals surface area contributed by atoms with Crippen LogP contribution in [0.15, 0.2) is 18.2 Å². The van der Waals surface area contributed by atoms with Gasteiger partial charge in [-0.2, -0.15) is 0 Å². The largest absolute Gasteiger partial charge is 0.478 e. The van der Waals surface area contributed by atoms with Crippen molar-refractivity contribution in [2.75, 3.05) is 37.3 Å². The number of hydrogen-bond donors (Lipinski definition) is 2. The fourth-order valence-electron chi connectivity index (χ4n) is 1.97. The summed E-state index contributed by atoms with van der Waals surface area (Å²) in [6.45, 7) is 5.29. The molecule has 20 heavy (non-hydrogen) atoms. The van der Waals surface area contributed by atoms with Crippen LogP contribution in [-0.2, 0) is 4.79 Å². The summed E-state index contributed by atoms with van der Waals surface area (Å²) in [5.74, 6) is -1.03. The highest BCUT2D eigenvalue weighted by molar-refractivity contribution is 5.91. The van der Waals surface area contributed by atoms with E-state index in [1.54, 1.807) is 16.8 Å². The Morgan fingerprint density at radius 3 is 2.35 bits per heavy atom. The Balaban J connectivity index is 2.91. The number of hydrogen-bond acceptors (Lipinski definition) is 4. The van der Waals surface area contributed by atoms with Crippen LogP contribution in [0, 0.1) is 0 Å². The molecule has 0 aliphatic heterocycles. The summed E-state index contributed by atoms with van der Waals surface area (Å²) in [4.78, 5) is 26.4. The second-order valence-electron chi connectivity index (χ2n) is 4.50. The number of aromatic carboxylic acids is 1. The number of nitrogens with zero attached hydrogens (tertiary/aromatic N) is 2. The fourth-order valence-corrected chi connectivity index (χ4v) is 1.97. The summed E-state index contributed by atoms with van der Waals surface area (Å²) in [6, 6.07) is 4.46. The normalized spacial score (nSPS) is 10.2. The van der Waals surface area contributed by atoms with E-state index in [0.29, 0.717) is 24.5 Å². The van der Waals surface area contributed by atoms with Gasteiger partial charge in [0.15, 0.2) is 0 Å². The number of rotatable bonds is 6. The maximum atomic E-state index is 12.0. The van der Waals surface area contributed by atoms with Crippen molar-refractivity contribution >= 4 is 23.3 Å². The average molecular weight is 279 g/mol. The predicted octanol–water partition coefficient (Wildman–Crippen LogP) is 1.27. The van der Waals surface area contributed by atoms with E-state index in [-0.39, 0.29) is 18.0 Å². The molecule has 0 bridgehead atoms. The number of anilines is 2. The summed E-state index contributed by atoms with van der Waals surface area (Å²) >= 11 is 0. The number of benzene rings is 1. The molecule has 0 saturated carbocycles. The predicted molar refractivity (Wildman–Crippen MR) is 79.0 cm³/mol. The standard InChI is InChI=1S/C14H21N3O3/c1-4-17(5-2)13(18)9-16(3)12-8-10(14(19)20)6-7-11(12)15/h6-8H,4-5,9,15H2,1-3H3,(H,19,20). The molecule has 0 aliphatic rings. The summed E-state index contributed by atoms with van der Waals surface area (Å²) < 4.78 is 0. The maximum absolute atomic E-state index is 12.0. The second kappa shape index (κ2) is 6.79. The molecular formula is C14H21N3O3. The fraction of sp³-hybridized carbons (Fsp3) is 0.429. The molecule has 1 rings (SSSR count).